The van der Waals surface area contributed by atoms with Crippen LogP contribution in [0, 0.1) is 6.92 Å². The first kappa shape index (κ1) is 29.9. The van der Waals surface area contributed by atoms with E-state index in [1.807, 2.05) is 37.3 Å². The minimum Gasteiger partial charge on any atom is -0.480 e. The van der Waals surface area contributed by atoms with Gasteiger partial charge >= 0.3 is 5.97 Å². The number of pyridine rings is 1. The van der Waals surface area contributed by atoms with Crippen molar-refractivity contribution in [2.75, 3.05) is 38.1 Å². The highest BCUT2D eigenvalue weighted by atomic mass is 16.5. The Kier molecular flexibility index (Phi) is 11.4. The van der Waals surface area contributed by atoms with E-state index in [4.69, 9.17) is 9.72 Å². The number of aliphatic carboxylic acids is 1. The molecule has 1 unspecified atom stereocenters. The van der Waals surface area contributed by atoms with E-state index >= 15 is 0 Å². The first-order valence-corrected chi connectivity index (χ1v) is 14.4. The standard InChI is InChI=1S/C31H40N6O4/c1-23-21-34-29(22-33-23)41-19-18-37(16-6-5-11-26-13-12-25-10-7-15-32-30(25)35-26)17-14-27(31(39)40)36-28(38)20-24-8-3-2-4-9-24/h2-4,8-9,12-13,21-22,27H,5-7,10-11,14-20H2,1H3,(H,32,35)(H,36,38)(H,39,40). The normalized spacial score (nSPS) is 13.2. The van der Waals surface area contributed by atoms with E-state index in [1.165, 1.54) is 5.56 Å². The molecule has 0 fully saturated rings. The van der Waals surface area contributed by atoms with Crippen LogP contribution in [0.3, 0.4) is 0 Å². The van der Waals surface area contributed by atoms with Crippen LogP contribution < -0.4 is 15.4 Å². The number of benzene rings is 1. The predicted octanol–water partition coefficient (Wildman–Crippen LogP) is 3.44. The van der Waals surface area contributed by atoms with Gasteiger partial charge in [0.1, 0.15) is 18.5 Å². The third-order valence-corrected chi connectivity index (χ3v) is 7.10. The lowest BCUT2D eigenvalue weighted by molar-refractivity contribution is -0.142. The number of carbonyl (C=O) groups excluding carboxylic acids is 1. The summed E-state index contributed by atoms with van der Waals surface area (Å²) in [5.74, 6) is 0.132. The quantitative estimate of drug-likeness (QED) is 0.226. The van der Waals surface area contributed by atoms with Crippen molar-refractivity contribution in [2.45, 2.75) is 57.9 Å². The minimum absolute atomic E-state index is 0.145. The van der Waals surface area contributed by atoms with E-state index in [1.54, 1.807) is 12.4 Å². The zero-order chi connectivity index (χ0) is 28.9. The fourth-order valence-corrected chi connectivity index (χ4v) is 4.82. The van der Waals surface area contributed by atoms with Crippen LogP contribution in [0.1, 0.15) is 48.2 Å². The molecule has 1 aliphatic rings. The molecule has 4 rings (SSSR count). The van der Waals surface area contributed by atoms with Gasteiger partial charge in [0, 0.05) is 25.3 Å². The predicted molar refractivity (Wildman–Crippen MR) is 157 cm³/mol. The summed E-state index contributed by atoms with van der Waals surface area (Å²) in [6, 6.07) is 12.6. The molecule has 41 heavy (non-hydrogen) atoms. The second kappa shape index (κ2) is 15.7. The molecule has 3 heterocycles. The lowest BCUT2D eigenvalue weighted by Crippen LogP contribution is -2.44. The van der Waals surface area contributed by atoms with E-state index in [-0.39, 0.29) is 18.7 Å². The number of unbranched alkanes of at least 4 members (excludes halogenated alkanes) is 1. The molecule has 0 bridgehead atoms. The van der Waals surface area contributed by atoms with Crippen LogP contribution in [-0.2, 0) is 28.9 Å². The van der Waals surface area contributed by atoms with Gasteiger partial charge in [0.25, 0.3) is 0 Å². The van der Waals surface area contributed by atoms with Gasteiger partial charge in [-0.3, -0.25) is 14.7 Å². The molecule has 3 aromatic rings. The third kappa shape index (κ3) is 10.1. The van der Waals surface area contributed by atoms with Gasteiger partial charge < -0.3 is 20.5 Å². The van der Waals surface area contributed by atoms with Gasteiger partial charge in [-0.1, -0.05) is 36.4 Å². The fourth-order valence-electron chi connectivity index (χ4n) is 4.82. The lowest BCUT2D eigenvalue weighted by Gasteiger charge is -2.24. The van der Waals surface area contributed by atoms with Gasteiger partial charge in [0.15, 0.2) is 0 Å². The van der Waals surface area contributed by atoms with E-state index in [2.05, 4.69) is 37.6 Å². The average molecular weight is 561 g/mol. The second-order valence-corrected chi connectivity index (χ2v) is 10.4. The summed E-state index contributed by atoms with van der Waals surface area (Å²) in [5.41, 5.74) is 4.03. The van der Waals surface area contributed by atoms with E-state index in [0.29, 0.717) is 25.6 Å². The molecule has 1 aliphatic heterocycles. The summed E-state index contributed by atoms with van der Waals surface area (Å²) in [7, 11) is 0. The van der Waals surface area contributed by atoms with Crippen molar-refractivity contribution in [3.8, 4) is 5.88 Å². The van der Waals surface area contributed by atoms with Gasteiger partial charge in [-0.05, 0) is 69.2 Å². The Labute approximate surface area is 241 Å². The van der Waals surface area contributed by atoms with Gasteiger partial charge in [0.2, 0.25) is 11.8 Å². The lowest BCUT2D eigenvalue weighted by atomic mass is 10.1. The first-order chi connectivity index (χ1) is 20.0. The van der Waals surface area contributed by atoms with Crippen molar-refractivity contribution in [2.24, 2.45) is 0 Å². The van der Waals surface area contributed by atoms with E-state index in [0.717, 1.165) is 68.0 Å². The molecule has 1 atom stereocenters. The number of fused-ring (bicyclic) bond motifs is 1. The largest absolute Gasteiger partial charge is 0.480 e. The first-order valence-electron chi connectivity index (χ1n) is 14.4. The number of hydrogen-bond acceptors (Lipinski definition) is 8. The zero-order valence-electron chi connectivity index (χ0n) is 23.7. The molecular weight excluding hydrogens is 520 g/mol. The van der Waals surface area contributed by atoms with Crippen molar-refractivity contribution < 1.29 is 19.4 Å². The maximum atomic E-state index is 12.5. The van der Waals surface area contributed by atoms with Crippen molar-refractivity contribution in [3.63, 3.8) is 0 Å². The topological polar surface area (TPSA) is 130 Å². The van der Waals surface area contributed by atoms with Crippen LogP contribution in [-0.4, -0.2) is 75.7 Å². The molecular formula is C31H40N6O4. The maximum Gasteiger partial charge on any atom is 0.326 e. The summed E-state index contributed by atoms with van der Waals surface area (Å²) in [5, 5.41) is 15.9. The van der Waals surface area contributed by atoms with Crippen LogP contribution in [0.15, 0.2) is 54.9 Å². The van der Waals surface area contributed by atoms with Gasteiger partial charge in [-0.25, -0.2) is 14.8 Å². The number of amides is 1. The third-order valence-electron chi connectivity index (χ3n) is 7.10. The van der Waals surface area contributed by atoms with Gasteiger partial charge in [-0.2, -0.15) is 0 Å². The van der Waals surface area contributed by atoms with Crippen LogP contribution >= 0.6 is 0 Å². The summed E-state index contributed by atoms with van der Waals surface area (Å²) >= 11 is 0. The molecule has 0 aliphatic carbocycles. The number of carboxylic acids is 1. The Morgan fingerprint density at radius 1 is 1.07 bits per heavy atom. The molecule has 0 saturated heterocycles. The average Bonchev–Trinajstić information content (AvgIpc) is 2.98. The molecule has 0 radical (unpaired) electrons. The van der Waals surface area contributed by atoms with Crippen LogP contribution in [0.2, 0.25) is 0 Å². The Morgan fingerprint density at radius 3 is 2.71 bits per heavy atom. The van der Waals surface area contributed by atoms with Gasteiger partial charge in [-0.15, -0.1) is 0 Å². The monoisotopic (exact) mass is 560 g/mol. The Bertz CT molecular complexity index is 1260. The van der Waals surface area contributed by atoms with Gasteiger partial charge in [0.05, 0.1) is 24.5 Å². The molecule has 1 amide bonds. The number of rotatable bonds is 16. The molecule has 10 heteroatoms. The molecule has 3 N–H and O–H groups in total. The maximum absolute atomic E-state index is 12.5. The SMILES string of the molecule is Cc1cnc(OCCN(CCCCc2ccc3c(n2)NCCC3)CCC(NC(=O)Cc2ccccc2)C(=O)O)cn1. The number of aromatic nitrogens is 3. The Hall–Kier alpha value is -4.05. The molecule has 0 saturated carbocycles. The van der Waals surface area contributed by atoms with Crippen molar-refractivity contribution in [3.05, 3.63) is 77.4 Å². The number of carbonyl (C=O) groups is 2. The highest BCUT2D eigenvalue weighted by Crippen LogP contribution is 2.20. The van der Waals surface area contributed by atoms with Crippen LogP contribution in [0.25, 0.3) is 0 Å². The second-order valence-electron chi connectivity index (χ2n) is 10.4. The highest BCUT2D eigenvalue weighted by molar-refractivity contribution is 5.84. The Balaban J connectivity index is 1.28. The fraction of sp³-hybridized carbons (Fsp3) is 0.452. The smallest absolute Gasteiger partial charge is 0.326 e. The molecule has 2 aromatic heterocycles. The number of carboxylic acid groups (broad SMARTS) is 1. The van der Waals surface area contributed by atoms with Crippen molar-refractivity contribution in [1.82, 2.24) is 25.2 Å². The van der Waals surface area contributed by atoms with Crippen LogP contribution in [0.4, 0.5) is 5.82 Å². The number of ether oxygens (including phenoxy) is 1. The number of aryl methyl sites for hydroxylation is 3. The molecule has 0 spiro atoms. The molecule has 218 valence electrons. The highest BCUT2D eigenvalue weighted by Gasteiger charge is 2.21. The molecule has 10 nitrogen and oxygen atoms in total. The Morgan fingerprint density at radius 2 is 1.93 bits per heavy atom. The number of nitrogens with one attached hydrogen (secondary N) is 2. The number of hydrogen-bond donors (Lipinski definition) is 3. The van der Waals surface area contributed by atoms with E-state index < -0.39 is 12.0 Å². The minimum atomic E-state index is -1.04. The summed E-state index contributed by atoms with van der Waals surface area (Å²) < 4.78 is 5.79. The summed E-state index contributed by atoms with van der Waals surface area (Å²) in [6.45, 7) is 5.11. The van der Waals surface area contributed by atoms with Crippen LogP contribution in [0.5, 0.6) is 5.88 Å². The molecule has 1 aromatic carbocycles. The summed E-state index contributed by atoms with van der Waals surface area (Å²) in [4.78, 5) is 39.9. The van der Waals surface area contributed by atoms with Crippen molar-refractivity contribution >= 4 is 17.7 Å². The zero-order valence-corrected chi connectivity index (χ0v) is 23.7. The number of nitrogens with zero attached hydrogens (tertiary/aromatic N) is 4. The van der Waals surface area contributed by atoms with E-state index in [9.17, 15) is 14.7 Å². The number of anilines is 1. The van der Waals surface area contributed by atoms with Crippen molar-refractivity contribution in [1.29, 1.82) is 0 Å². The summed E-state index contributed by atoms with van der Waals surface area (Å²) in [6.07, 6.45) is 8.68.